The van der Waals surface area contributed by atoms with Crippen LogP contribution in [0.5, 0.6) is 0 Å². The van der Waals surface area contributed by atoms with Gasteiger partial charge in [-0.3, -0.25) is 0 Å². The molecular formula is C18H22FNO. The van der Waals surface area contributed by atoms with Gasteiger partial charge in [0.15, 0.2) is 0 Å². The van der Waals surface area contributed by atoms with E-state index in [1.165, 1.54) is 43.4 Å². The van der Waals surface area contributed by atoms with Crippen molar-refractivity contribution >= 4 is 11.0 Å². The van der Waals surface area contributed by atoms with Gasteiger partial charge >= 0.3 is 0 Å². The average Bonchev–Trinajstić information content (AvgIpc) is 2.91. The van der Waals surface area contributed by atoms with E-state index < -0.39 is 0 Å². The van der Waals surface area contributed by atoms with Crippen LogP contribution >= 0.6 is 0 Å². The van der Waals surface area contributed by atoms with Crippen molar-refractivity contribution in [1.29, 1.82) is 0 Å². The Kier molecular flexibility index (Phi) is 4.39. The third-order valence-corrected chi connectivity index (χ3v) is 4.14. The molecule has 21 heavy (non-hydrogen) atoms. The average molecular weight is 287 g/mol. The molecule has 2 nitrogen and oxygen atoms in total. The molecule has 2 aromatic rings. The van der Waals surface area contributed by atoms with E-state index in [0.29, 0.717) is 0 Å². The summed E-state index contributed by atoms with van der Waals surface area (Å²) in [4.78, 5) is 0. The molecule has 0 saturated carbocycles. The fourth-order valence-corrected chi connectivity index (χ4v) is 3.08. The zero-order valence-corrected chi connectivity index (χ0v) is 12.5. The van der Waals surface area contributed by atoms with Gasteiger partial charge in [-0.05, 0) is 62.9 Å². The minimum absolute atomic E-state index is 0.176. The van der Waals surface area contributed by atoms with Crippen LogP contribution in [0.25, 0.3) is 11.0 Å². The lowest BCUT2D eigenvalue weighted by atomic mass is 9.93. The first kappa shape index (κ1) is 14.3. The van der Waals surface area contributed by atoms with Crippen LogP contribution in [0.1, 0.15) is 50.8 Å². The Morgan fingerprint density at radius 3 is 2.95 bits per heavy atom. The number of hydrogen-bond acceptors (Lipinski definition) is 2. The maximum absolute atomic E-state index is 13.3. The summed E-state index contributed by atoms with van der Waals surface area (Å²) in [5.74, 6) is 0.689. The Labute approximate surface area is 125 Å². The molecular weight excluding hydrogens is 265 g/mol. The summed E-state index contributed by atoms with van der Waals surface area (Å²) in [6.07, 6.45) is 8.33. The summed E-state index contributed by atoms with van der Waals surface area (Å²) in [7, 11) is 0. The van der Waals surface area contributed by atoms with Gasteiger partial charge in [-0.1, -0.05) is 18.6 Å². The van der Waals surface area contributed by atoms with Crippen LogP contribution < -0.4 is 5.32 Å². The van der Waals surface area contributed by atoms with Gasteiger partial charge in [0.25, 0.3) is 0 Å². The van der Waals surface area contributed by atoms with Gasteiger partial charge in [-0.15, -0.1) is 0 Å². The zero-order valence-electron chi connectivity index (χ0n) is 12.5. The van der Waals surface area contributed by atoms with Crippen molar-refractivity contribution in [3.63, 3.8) is 0 Å². The Balaban J connectivity index is 1.85. The highest BCUT2D eigenvalue weighted by molar-refractivity contribution is 5.78. The lowest BCUT2D eigenvalue weighted by Crippen LogP contribution is -2.21. The quantitative estimate of drug-likeness (QED) is 0.773. The van der Waals surface area contributed by atoms with E-state index >= 15 is 0 Å². The molecule has 3 rings (SSSR count). The molecule has 112 valence electrons. The molecule has 0 spiro atoms. The van der Waals surface area contributed by atoms with E-state index in [0.717, 1.165) is 29.7 Å². The smallest absolute Gasteiger partial charge is 0.134 e. The first-order valence-corrected chi connectivity index (χ1v) is 7.86. The summed E-state index contributed by atoms with van der Waals surface area (Å²) < 4.78 is 19.2. The van der Waals surface area contributed by atoms with E-state index in [1.807, 2.05) is 6.07 Å². The number of benzene rings is 1. The minimum atomic E-state index is -0.218. The maximum atomic E-state index is 13.3. The number of allylic oxidation sites excluding steroid dienone is 1. The van der Waals surface area contributed by atoms with Gasteiger partial charge in [-0.2, -0.15) is 0 Å². The highest BCUT2D eigenvalue weighted by atomic mass is 19.1. The van der Waals surface area contributed by atoms with Crippen molar-refractivity contribution in [3.05, 3.63) is 47.5 Å². The first-order chi connectivity index (χ1) is 10.3. The molecule has 1 aliphatic rings. The van der Waals surface area contributed by atoms with Gasteiger partial charge in [0.2, 0.25) is 0 Å². The molecule has 1 aromatic heterocycles. The standard InChI is InChI=1S/C18H22FNO/c1-2-20-16(10-13-6-4-3-5-7-13)18-12-14-11-15(19)8-9-17(14)21-18/h6,8-9,11-12,16,20H,2-5,7,10H2,1H3. The monoisotopic (exact) mass is 287 g/mol. The van der Waals surface area contributed by atoms with E-state index in [2.05, 4.69) is 18.3 Å². The van der Waals surface area contributed by atoms with E-state index in [-0.39, 0.29) is 11.9 Å². The molecule has 0 aliphatic heterocycles. The predicted octanol–water partition coefficient (Wildman–Crippen LogP) is 5.11. The number of halogens is 1. The molecule has 0 fully saturated rings. The normalized spacial score (nSPS) is 17.0. The first-order valence-electron chi connectivity index (χ1n) is 7.86. The number of rotatable bonds is 5. The van der Waals surface area contributed by atoms with E-state index in [9.17, 15) is 4.39 Å². The third-order valence-electron chi connectivity index (χ3n) is 4.14. The summed E-state index contributed by atoms with van der Waals surface area (Å²) in [5, 5.41) is 4.33. The SMILES string of the molecule is CCNC(CC1=CCCCC1)c1cc2cc(F)ccc2o1. The highest BCUT2D eigenvalue weighted by Crippen LogP contribution is 2.31. The number of fused-ring (bicyclic) bond motifs is 1. The van der Waals surface area contributed by atoms with Crippen molar-refractivity contribution in [1.82, 2.24) is 5.32 Å². The Morgan fingerprint density at radius 2 is 2.19 bits per heavy atom. The molecule has 0 amide bonds. The fourth-order valence-electron chi connectivity index (χ4n) is 3.08. The number of furan rings is 1. The molecule has 1 aliphatic carbocycles. The molecule has 1 unspecified atom stereocenters. The highest BCUT2D eigenvalue weighted by Gasteiger charge is 2.18. The third kappa shape index (κ3) is 3.35. The van der Waals surface area contributed by atoms with Crippen molar-refractivity contribution in [2.75, 3.05) is 6.54 Å². The van der Waals surface area contributed by atoms with Crippen molar-refractivity contribution in [2.24, 2.45) is 0 Å². The lowest BCUT2D eigenvalue weighted by molar-refractivity contribution is 0.428. The molecule has 3 heteroatoms. The van der Waals surface area contributed by atoms with Crippen LogP contribution in [0, 0.1) is 5.82 Å². The Bertz CT molecular complexity index is 644. The minimum Gasteiger partial charge on any atom is -0.459 e. The van der Waals surface area contributed by atoms with Crippen LogP contribution in [0.2, 0.25) is 0 Å². The molecule has 1 heterocycles. The largest absolute Gasteiger partial charge is 0.459 e. The van der Waals surface area contributed by atoms with Gasteiger partial charge in [0.1, 0.15) is 17.2 Å². The lowest BCUT2D eigenvalue weighted by Gasteiger charge is -2.19. The fraction of sp³-hybridized carbons (Fsp3) is 0.444. The van der Waals surface area contributed by atoms with Gasteiger partial charge in [0.05, 0.1) is 6.04 Å². The Hall–Kier alpha value is -1.61. The van der Waals surface area contributed by atoms with Crippen molar-refractivity contribution in [3.8, 4) is 0 Å². The summed E-state index contributed by atoms with van der Waals surface area (Å²) in [5.41, 5.74) is 2.27. The van der Waals surface area contributed by atoms with E-state index in [1.54, 1.807) is 6.07 Å². The number of nitrogens with one attached hydrogen (secondary N) is 1. The van der Waals surface area contributed by atoms with Crippen LogP contribution in [-0.4, -0.2) is 6.54 Å². The molecule has 1 atom stereocenters. The molecule has 0 bridgehead atoms. The van der Waals surface area contributed by atoms with Crippen LogP contribution in [0.4, 0.5) is 4.39 Å². The zero-order chi connectivity index (χ0) is 14.7. The van der Waals surface area contributed by atoms with Gasteiger partial charge in [0, 0.05) is 5.39 Å². The molecule has 1 N–H and O–H groups in total. The second-order valence-corrected chi connectivity index (χ2v) is 5.75. The van der Waals surface area contributed by atoms with Crippen molar-refractivity contribution in [2.45, 2.75) is 45.1 Å². The summed E-state index contributed by atoms with van der Waals surface area (Å²) >= 11 is 0. The van der Waals surface area contributed by atoms with Crippen LogP contribution in [0.15, 0.2) is 40.3 Å². The second kappa shape index (κ2) is 6.44. The summed E-state index contributed by atoms with van der Waals surface area (Å²) in [6.45, 7) is 2.99. The van der Waals surface area contributed by atoms with Crippen molar-refractivity contribution < 1.29 is 8.81 Å². The molecule has 0 radical (unpaired) electrons. The van der Waals surface area contributed by atoms with Gasteiger partial charge in [-0.25, -0.2) is 4.39 Å². The number of hydrogen-bond donors (Lipinski definition) is 1. The molecule has 0 saturated heterocycles. The topological polar surface area (TPSA) is 25.2 Å². The van der Waals surface area contributed by atoms with Gasteiger partial charge < -0.3 is 9.73 Å². The maximum Gasteiger partial charge on any atom is 0.134 e. The van der Waals surface area contributed by atoms with E-state index in [4.69, 9.17) is 4.42 Å². The predicted molar refractivity (Wildman–Crippen MR) is 83.8 cm³/mol. The Morgan fingerprint density at radius 1 is 1.29 bits per heavy atom. The molecule has 1 aromatic carbocycles. The van der Waals surface area contributed by atoms with Crippen LogP contribution in [0.3, 0.4) is 0 Å². The second-order valence-electron chi connectivity index (χ2n) is 5.75. The van der Waals surface area contributed by atoms with Crippen LogP contribution in [-0.2, 0) is 0 Å². The summed E-state index contributed by atoms with van der Waals surface area (Å²) in [6, 6.07) is 6.83.